The molecule has 0 aliphatic carbocycles. The maximum atomic E-state index is 4.43. The summed E-state index contributed by atoms with van der Waals surface area (Å²) in [7, 11) is 0. The molecule has 0 aromatic heterocycles. The van der Waals surface area contributed by atoms with Crippen molar-refractivity contribution in [3.8, 4) is 0 Å². The lowest BCUT2D eigenvalue weighted by Crippen LogP contribution is -2.20. The number of rotatable bonds is 2. The summed E-state index contributed by atoms with van der Waals surface area (Å²) in [4.78, 5) is 6.88. The lowest BCUT2D eigenvalue weighted by atomic mass is 10.2. The van der Waals surface area contributed by atoms with Crippen LogP contribution < -0.4 is 10.2 Å². The molecule has 1 aromatic carbocycles. The largest absolute Gasteiger partial charge is 0.372 e. The number of nitrogens with zero attached hydrogens (tertiary/aromatic N) is 2. The highest BCUT2D eigenvalue weighted by Gasteiger charge is 2.13. The fourth-order valence-corrected chi connectivity index (χ4v) is 2.40. The van der Waals surface area contributed by atoms with E-state index < -0.39 is 0 Å². The van der Waals surface area contributed by atoms with Gasteiger partial charge in [-0.1, -0.05) is 0 Å². The van der Waals surface area contributed by atoms with Crippen LogP contribution >= 0.6 is 0 Å². The van der Waals surface area contributed by atoms with Crippen LogP contribution in [-0.2, 0) is 0 Å². The predicted octanol–water partition coefficient (Wildman–Crippen LogP) is 1.64. The van der Waals surface area contributed by atoms with E-state index in [1.807, 2.05) is 0 Å². The van der Waals surface area contributed by atoms with Crippen molar-refractivity contribution in [2.24, 2.45) is 4.99 Å². The highest BCUT2D eigenvalue weighted by atomic mass is 15.1. The van der Waals surface area contributed by atoms with Gasteiger partial charge in [-0.05, 0) is 37.1 Å². The first-order valence-corrected chi connectivity index (χ1v) is 6.07. The van der Waals surface area contributed by atoms with E-state index in [0.29, 0.717) is 0 Å². The van der Waals surface area contributed by atoms with E-state index in [1.165, 1.54) is 37.2 Å². The Labute approximate surface area is 96.2 Å². The Balaban J connectivity index is 1.78. The molecule has 2 aliphatic rings. The summed E-state index contributed by atoms with van der Waals surface area (Å²) in [6, 6.07) is 8.77. The molecule has 0 atom stereocenters. The van der Waals surface area contributed by atoms with E-state index in [0.717, 1.165) is 18.9 Å². The van der Waals surface area contributed by atoms with Gasteiger partial charge in [-0.25, -0.2) is 0 Å². The third-order valence-corrected chi connectivity index (χ3v) is 3.29. The number of amidine groups is 1. The second-order valence-electron chi connectivity index (χ2n) is 4.40. The molecule has 2 aliphatic heterocycles. The molecule has 0 amide bonds. The molecule has 2 heterocycles. The van der Waals surface area contributed by atoms with Gasteiger partial charge in [-0.15, -0.1) is 0 Å². The van der Waals surface area contributed by atoms with Crippen molar-refractivity contribution in [2.45, 2.75) is 12.8 Å². The summed E-state index contributed by atoms with van der Waals surface area (Å²) in [5.41, 5.74) is 2.56. The molecule has 1 saturated heterocycles. The van der Waals surface area contributed by atoms with Crippen LogP contribution in [0.15, 0.2) is 29.3 Å². The van der Waals surface area contributed by atoms with Gasteiger partial charge in [-0.3, -0.25) is 4.99 Å². The van der Waals surface area contributed by atoms with Crippen LogP contribution in [0, 0.1) is 0 Å². The summed E-state index contributed by atoms with van der Waals surface area (Å²) < 4.78 is 0. The number of hydrogen-bond acceptors (Lipinski definition) is 3. The fraction of sp³-hybridized carbons (Fsp3) is 0.462. The molecule has 84 valence electrons. The van der Waals surface area contributed by atoms with Crippen LogP contribution in [0.2, 0.25) is 0 Å². The summed E-state index contributed by atoms with van der Waals surface area (Å²) in [6.45, 7) is 4.30. The Morgan fingerprint density at radius 2 is 1.81 bits per heavy atom. The highest BCUT2D eigenvalue weighted by Crippen LogP contribution is 2.20. The van der Waals surface area contributed by atoms with Gasteiger partial charge in [0.2, 0.25) is 0 Å². The van der Waals surface area contributed by atoms with Crippen molar-refractivity contribution in [1.82, 2.24) is 5.32 Å². The molecule has 0 spiro atoms. The quantitative estimate of drug-likeness (QED) is 0.812. The lowest BCUT2D eigenvalue weighted by molar-refractivity contribution is 0.949. The van der Waals surface area contributed by atoms with E-state index in [1.54, 1.807) is 0 Å². The molecule has 0 unspecified atom stereocenters. The second-order valence-corrected chi connectivity index (χ2v) is 4.40. The highest BCUT2D eigenvalue weighted by molar-refractivity contribution is 5.99. The van der Waals surface area contributed by atoms with Crippen LogP contribution in [0.4, 0.5) is 5.69 Å². The fourth-order valence-electron chi connectivity index (χ4n) is 2.40. The molecule has 0 saturated carbocycles. The summed E-state index contributed by atoms with van der Waals surface area (Å²) in [5.74, 6) is 1.05. The summed E-state index contributed by atoms with van der Waals surface area (Å²) in [6.07, 6.45) is 2.66. The first kappa shape index (κ1) is 9.70. The minimum Gasteiger partial charge on any atom is -0.372 e. The normalized spacial score (nSPS) is 19.8. The zero-order chi connectivity index (χ0) is 10.8. The Hall–Kier alpha value is -1.51. The molecule has 3 heteroatoms. The first-order chi connectivity index (χ1) is 7.93. The molecule has 16 heavy (non-hydrogen) atoms. The number of nitrogens with one attached hydrogen (secondary N) is 1. The van der Waals surface area contributed by atoms with Gasteiger partial charge in [-0.2, -0.15) is 0 Å². The molecule has 3 rings (SSSR count). The first-order valence-electron chi connectivity index (χ1n) is 6.07. The molecule has 1 fully saturated rings. The van der Waals surface area contributed by atoms with Crippen molar-refractivity contribution >= 4 is 11.5 Å². The second kappa shape index (κ2) is 4.16. The Morgan fingerprint density at radius 3 is 2.44 bits per heavy atom. The average Bonchev–Trinajstić information content (AvgIpc) is 3.03. The van der Waals surface area contributed by atoms with E-state index in [4.69, 9.17) is 0 Å². The molecule has 0 bridgehead atoms. The van der Waals surface area contributed by atoms with Crippen LogP contribution in [0.1, 0.15) is 18.4 Å². The Kier molecular flexibility index (Phi) is 2.52. The average molecular weight is 215 g/mol. The number of benzene rings is 1. The monoisotopic (exact) mass is 215 g/mol. The van der Waals surface area contributed by atoms with Gasteiger partial charge >= 0.3 is 0 Å². The van der Waals surface area contributed by atoms with Gasteiger partial charge in [0.15, 0.2) is 0 Å². The minimum absolute atomic E-state index is 0.906. The maximum Gasteiger partial charge on any atom is 0.128 e. The maximum absolute atomic E-state index is 4.43. The van der Waals surface area contributed by atoms with Gasteiger partial charge in [0, 0.05) is 30.9 Å². The Morgan fingerprint density at radius 1 is 1.06 bits per heavy atom. The summed E-state index contributed by atoms with van der Waals surface area (Å²) in [5, 5.41) is 3.30. The van der Waals surface area contributed by atoms with Crippen molar-refractivity contribution in [1.29, 1.82) is 0 Å². The standard InChI is InChI=1S/C13H17N3/c1-2-10-16(9-1)12-5-3-11(4-6-12)13-14-7-8-15-13/h3-6H,1-2,7-10H2,(H,14,15). The van der Waals surface area contributed by atoms with Crippen LogP contribution in [0.25, 0.3) is 0 Å². The molecular formula is C13H17N3. The number of aliphatic imine (C=N–C) groups is 1. The van der Waals surface area contributed by atoms with Crippen molar-refractivity contribution in [3.63, 3.8) is 0 Å². The summed E-state index contributed by atoms with van der Waals surface area (Å²) >= 11 is 0. The van der Waals surface area contributed by atoms with Crippen LogP contribution in [0.5, 0.6) is 0 Å². The van der Waals surface area contributed by atoms with E-state index in [9.17, 15) is 0 Å². The third kappa shape index (κ3) is 1.77. The van der Waals surface area contributed by atoms with Gasteiger partial charge < -0.3 is 10.2 Å². The van der Waals surface area contributed by atoms with Crippen LogP contribution in [0.3, 0.4) is 0 Å². The van der Waals surface area contributed by atoms with E-state index in [2.05, 4.69) is 39.5 Å². The number of hydrogen-bond donors (Lipinski definition) is 1. The topological polar surface area (TPSA) is 27.6 Å². The molecule has 1 N–H and O–H groups in total. The van der Waals surface area contributed by atoms with Gasteiger partial charge in [0.25, 0.3) is 0 Å². The van der Waals surface area contributed by atoms with E-state index >= 15 is 0 Å². The van der Waals surface area contributed by atoms with Gasteiger partial charge in [0.05, 0.1) is 6.54 Å². The predicted molar refractivity (Wildman–Crippen MR) is 67.3 cm³/mol. The molecular weight excluding hydrogens is 198 g/mol. The van der Waals surface area contributed by atoms with E-state index in [-0.39, 0.29) is 0 Å². The molecule has 0 radical (unpaired) electrons. The number of anilines is 1. The van der Waals surface area contributed by atoms with Gasteiger partial charge in [0.1, 0.15) is 5.84 Å². The van der Waals surface area contributed by atoms with Crippen molar-refractivity contribution in [3.05, 3.63) is 29.8 Å². The van der Waals surface area contributed by atoms with Crippen molar-refractivity contribution < 1.29 is 0 Å². The Bertz CT molecular complexity index is 388. The zero-order valence-corrected chi connectivity index (χ0v) is 9.45. The third-order valence-electron chi connectivity index (χ3n) is 3.29. The minimum atomic E-state index is 0.906. The van der Waals surface area contributed by atoms with Crippen LogP contribution in [-0.4, -0.2) is 32.0 Å². The molecule has 1 aromatic rings. The zero-order valence-electron chi connectivity index (χ0n) is 9.45. The molecule has 3 nitrogen and oxygen atoms in total. The SMILES string of the molecule is c1cc(N2CCCC2)ccc1C1=NCCN1. The smallest absolute Gasteiger partial charge is 0.128 e. The van der Waals surface area contributed by atoms with Crippen molar-refractivity contribution in [2.75, 3.05) is 31.1 Å². The lowest BCUT2D eigenvalue weighted by Gasteiger charge is -2.17.